The van der Waals surface area contributed by atoms with E-state index in [9.17, 15) is 28.5 Å². The number of sulfonamides is 1. The van der Waals surface area contributed by atoms with Gasteiger partial charge in [0.15, 0.2) is 6.29 Å². The van der Waals surface area contributed by atoms with Crippen LogP contribution < -0.4 is 10.0 Å². The van der Waals surface area contributed by atoms with Crippen LogP contribution >= 0.6 is 0 Å². The molecule has 10 nitrogen and oxygen atoms in total. The van der Waals surface area contributed by atoms with Gasteiger partial charge in [-0.3, -0.25) is 0 Å². The summed E-state index contributed by atoms with van der Waals surface area (Å²) in [5, 5.41) is 40.3. The first-order valence-corrected chi connectivity index (χ1v) is 8.43. The summed E-state index contributed by atoms with van der Waals surface area (Å²) in [6.07, 6.45) is -6.22. The Morgan fingerprint density at radius 3 is 2.33 bits per heavy atom. The van der Waals surface area contributed by atoms with Gasteiger partial charge in [-0.05, 0) is 12.1 Å². The van der Waals surface area contributed by atoms with Crippen molar-refractivity contribution in [1.82, 2.24) is 10.0 Å². The normalized spacial score (nSPS) is 30.6. The summed E-state index contributed by atoms with van der Waals surface area (Å²) in [4.78, 5) is 11.7. The van der Waals surface area contributed by atoms with Crippen LogP contribution in [0, 0.1) is 0 Å². The minimum Gasteiger partial charge on any atom is -0.394 e. The van der Waals surface area contributed by atoms with Crippen molar-refractivity contribution < 1.29 is 38.4 Å². The molecule has 1 aliphatic heterocycles. The highest BCUT2D eigenvalue weighted by molar-refractivity contribution is 7.90. The molecule has 0 bridgehead atoms. The van der Waals surface area contributed by atoms with Crippen molar-refractivity contribution in [2.24, 2.45) is 0 Å². The number of amides is 2. The second-order valence-corrected chi connectivity index (χ2v) is 6.83. The summed E-state index contributed by atoms with van der Waals surface area (Å²) in [5.41, 5.74) is 0. The van der Waals surface area contributed by atoms with Gasteiger partial charge in [0.25, 0.3) is 10.0 Å². The fourth-order valence-electron chi connectivity index (χ4n) is 2.21. The maximum Gasteiger partial charge on any atom is 0.329 e. The maximum atomic E-state index is 12.0. The number of ether oxygens (including phenoxy) is 1. The molecule has 6 N–H and O–H groups in total. The van der Waals surface area contributed by atoms with Crippen molar-refractivity contribution in [2.75, 3.05) is 6.61 Å². The fraction of sp³-hybridized carbons (Fsp3) is 0.462. The van der Waals surface area contributed by atoms with Crippen molar-refractivity contribution in [2.45, 2.75) is 35.5 Å². The van der Waals surface area contributed by atoms with Crippen LogP contribution in [0.3, 0.4) is 0 Å². The summed E-state index contributed by atoms with van der Waals surface area (Å²) in [6.45, 7) is -0.656. The molecule has 1 aromatic carbocycles. The molecule has 5 atom stereocenters. The molecule has 2 amide bonds. The van der Waals surface area contributed by atoms with E-state index in [0.717, 1.165) is 0 Å². The number of aliphatic hydroxyl groups excluding tert-OH is 4. The van der Waals surface area contributed by atoms with Gasteiger partial charge in [-0.2, -0.15) is 0 Å². The molecule has 24 heavy (non-hydrogen) atoms. The van der Waals surface area contributed by atoms with E-state index in [1.54, 1.807) is 10.8 Å². The molecule has 11 heteroatoms. The highest BCUT2D eigenvalue weighted by Crippen LogP contribution is 2.19. The zero-order chi connectivity index (χ0) is 17.9. The minimum atomic E-state index is -4.14. The van der Waals surface area contributed by atoms with Gasteiger partial charge in [0.1, 0.15) is 24.4 Å². The van der Waals surface area contributed by atoms with Crippen LogP contribution in [0.1, 0.15) is 0 Å². The number of hydrogen-bond donors (Lipinski definition) is 6. The lowest BCUT2D eigenvalue weighted by Crippen LogP contribution is -2.65. The fourth-order valence-corrected chi connectivity index (χ4v) is 3.15. The largest absolute Gasteiger partial charge is 0.394 e. The van der Waals surface area contributed by atoms with Gasteiger partial charge in [0.2, 0.25) is 0 Å². The Morgan fingerprint density at radius 2 is 1.75 bits per heavy atom. The Labute approximate surface area is 137 Å². The molecule has 134 valence electrons. The predicted molar refractivity (Wildman–Crippen MR) is 79.1 cm³/mol. The van der Waals surface area contributed by atoms with Gasteiger partial charge in [0, 0.05) is 0 Å². The molecule has 1 heterocycles. The lowest BCUT2D eigenvalue weighted by molar-refractivity contribution is -0.252. The standard InChI is InChI=1S/C13H18N2O8S/c16-6-8-10(17)11(18)9(12(19)23-8)14-13(20)15-24(21,22)7-4-2-1-3-5-7/h1-5,8-12,16-19H,6H2,(H2,14,15,20)/t8-,9-,10-,11-,12?/m1/s1. The van der Waals surface area contributed by atoms with Crippen LogP contribution in [-0.2, 0) is 14.8 Å². The van der Waals surface area contributed by atoms with Gasteiger partial charge in [-0.1, -0.05) is 18.2 Å². The first-order valence-electron chi connectivity index (χ1n) is 6.95. The maximum absolute atomic E-state index is 12.0. The van der Waals surface area contributed by atoms with E-state index in [1.807, 2.05) is 5.32 Å². The molecule has 2 rings (SSSR count). The zero-order valence-corrected chi connectivity index (χ0v) is 13.1. The van der Waals surface area contributed by atoms with E-state index in [0.29, 0.717) is 0 Å². The predicted octanol–water partition coefficient (Wildman–Crippen LogP) is -2.53. The molecule has 1 unspecified atom stereocenters. The Hall–Kier alpha value is -1.76. The summed E-state index contributed by atoms with van der Waals surface area (Å²) in [6, 6.07) is 4.39. The third-order valence-corrected chi connectivity index (χ3v) is 4.83. The van der Waals surface area contributed by atoms with Crippen molar-refractivity contribution in [3.05, 3.63) is 30.3 Å². The monoisotopic (exact) mass is 362 g/mol. The highest BCUT2D eigenvalue weighted by atomic mass is 32.2. The van der Waals surface area contributed by atoms with Crippen LogP contribution in [0.2, 0.25) is 0 Å². The van der Waals surface area contributed by atoms with E-state index >= 15 is 0 Å². The van der Waals surface area contributed by atoms with Gasteiger partial charge in [-0.15, -0.1) is 0 Å². The van der Waals surface area contributed by atoms with Crippen molar-refractivity contribution >= 4 is 16.1 Å². The molecule has 1 aliphatic rings. The molecule has 0 radical (unpaired) electrons. The first-order chi connectivity index (χ1) is 11.3. The van der Waals surface area contributed by atoms with Crippen molar-refractivity contribution in [3.63, 3.8) is 0 Å². The average Bonchev–Trinajstić information content (AvgIpc) is 2.55. The van der Waals surface area contributed by atoms with E-state index < -0.39 is 53.3 Å². The molecule has 0 aromatic heterocycles. The molecule has 1 aromatic rings. The lowest BCUT2D eigenvalue weighted by Gasteiger charge is -2.40. The highest BCUT2D eigenvalue weighted by Gasteiger charge is 2.44. The molecule has 0 aliphatic carbocycles. The average molecular weight is 362 g/mol. The molecule has 0 spiro atoms. The number of carbonyl (C=O) groups excluding carboxylic acids is 1. The number of hydrogen-bond acceptors (Lipinski definition) is 8. The van der Waals surface area contributed by atoms with E-state index in [-0.39, 0.29) is 4.90 Å². The lowest BCUT2D eigenvalue weighted by atomic mass is 9.97. The summed E-state index contributed by atoms with van der Waals surface area (Å²) >= 11 is 0. The number of benzene rings is 1. The number of rotatable bonds is 4. The summed E-state index contributed by atoms with van der Waals surface area (Å²) in [7, 11) is -4.14. The molecule has 1 saturated heterocycles. The number of carbonyl (C=O) groups is 1. The van der Waals surface area contributed by atoms with Crippen LogP contribution in [0.25, 0.3) is 0 Å². The van der Waals surface area contributed by atoms with Crippen molar-refractivity contribution in [1.29, 1.82) is 0 Å². The van der Waals surface area contributed by atoms with Gasteiger partial charge >= 0.3 is 6.03 Å². The third kappa shape index (κ3) is 4.01. The Balaban J connectivity index is 2.04. The van der Waals surface area contributed by atoms with Gasteiger partial charge in [-0.25, -0.2) is 17.9 Å². The minimum absolute atomic E-state index is 0.151. The SMILES string of the molecule is O=C(N[C@H]1C(O)O[C@H](CO)[C@@H](O)[C@@H]1O)NS(=O)(=O)c1ccccc1. The van der Waals surface area contributed by atoms with Crippen LogP contribution in [0.4, 0.5) is 4.79 Å². The molecule has 0 saturated carbocycles. The Morgan fingerprint density at radius 1 is 1.12 bits per heavy atom. The van der Waals surface area contributed by atoms with E-state index in [2.05, 4.69) is 0 Å². The first kappa shape index (κ1) is 18.6. The Kier molecular flexibility index (Phi) is 5.74. The summed E-state index contributed by atoms with van der Waals surface area (Å²) in [5.74, 6) is 0. The van der Waals surface area contributed by atoms with Gasteiger partial charge < -0.3 is 30.5 Å². The second kappa shape index (κ2) is 7.42. The number of aliphatic hydroxyl groups is 4. The third-order valence-electron chi connectivity index (χ3n) is 3.48. The van der Waals surface area contributed by atoms with Crippen LogP contribution in [0.5, 0.6) is 0 Å². The van der Waals surface area contributed by atoms with Gasteiger partial charge in [0.05, 0.1) is 11.5 Å². The van der Waals surface area contributed by atoms with E-state index in [4.69, 9.17) is 9.84 Å². The number of nitrogens with one attached hydrogen (secondary N) is 2. The van der Waals surface area contributed by atoms with Crippen molar-refractivity contribution in [3.8, 4) is 0 Å². The smallest absolute Gasteiger partial charge is 0.329 e. The molecular weight excluding hydrogens is 344 g/mol. The van der Waals surface area contributed by atoms with Crippen LogP contribution in [-0.4, -0.2) is 72.1 Å². The quantitative estimate of drug-likeness (QED) is 0.341. The van der Waals surface area contributed by atoms with E-state index in [1.165, 1.54) is 24.3 Å². The molecule has 1 fully saturated rings. The number of urea groups is 1. The zero-order valence-electron chi connectivity index (χ0n) is 12.3. The second-order valence-electron chi connectivity index (χ2n) is 5.15. The summed E-state index contributed by atoms with van der Waals surface area (Å²) < 4.78 is 30.6. The topological polar surface area (TPSA) is 165 Å². The molecular formula is C13H18N2O8S. The Bertz CT molecular complexity index is 668. The van der Waals surface area contributed by atoms with Crippen LogP contribution in [0.15, 0.2) is 35.2 Å².